The average molecular weight is 270 g/mol. The van der Waals surface area contributed by atoms with Gasteiger partial charge in [0.05, 0.1) is 11.5 Å². The molecule has 106 valence electrons. The molecule has 8 heteroatoms. The predicted octanol–water partition coefficient (Wildman–Crippen LogP) is 1.19. The SMILES string of the molecule is COCCOc1nc(CC(C)C)nc(N)c1[N+](=O)[O-]. The van der Waals surface area contributed by atoms with Crippen molar-refractivity contribution >= 4 is 11.5 Å². The number of hydrogen-bond donors (Lipinski definition) is 1. The lowest BCUT2D eigenvalue weighted by Gasteiger charge is -2.09. The van der Waals surface area contributed by atoms with E-state index in [4.69, 9.17) is 15.2 Å². The van der Waals surface area contributed by atoms with E-state index in [1.165, 1.54) is 7.11 Å². The molecule has 0 aromatic carbocycles. The Kier molecular flexibility index (Phi) is 5.43. The summed E-state index contributed by atoms with van der Waals surface area (Å²) in [4.78, 5) is 18.3. The number of nitro groups is 1. The number of nitrogens with two attached hydrogens (primary N) is 1. The van der Waals surface area contributed by atoms with E-state index < -0.39 is 10.6 Å². The molecule has 0 bridgehead atoms. The molecule has 1 rings (SSSR count). The minimum absolute atomic E-state index is 0.106. The van der Waals surface area contributed by atoms with Crippen molar-refractivity contribution in [3.63, 3.8) is 0 Å². The van der Waals surface area contributed by atoms with Crippen molar-refractivity contribution in [1.82, 2.24) is 9.97 Å². The molecule has 0 spiro atoms. The Hall–Kier alpha value is -1.96. The highest BCUT2D eigenvalue weighted by atomic mass is 16.6. The van der Waals surface area contributed by atoms with Gasteiger partial charge in [-0.15, -0.1) is 0 Å². The standard InChI is InChI=1S/C11H18N4O4/c1-7(2)6-8-13-10(12)9(15(16)17)11(14-8)19-5-4-18-3/h7H,4-6H2,1-3H3,(H2,12,13,14). The van der Waals surface area contributed by atoms with Gasteiger partial charge in [-0.25, -0.2) is 4.98 Å². The van der Waals surface area contributed by atoms with Gasteiger partial charge >= 0.3 is 5.69 Å². The van der Waals surface area contributed by atoms with Crippen molar-refractivity contribution in [1.29, 1.82) is 0 Å². The molecule has 1 aromatic heterocycles. The summed E-state index contributed by atoms with van der Waals surface area (Å²) in [7, 11) is 1.51. The number of hydrogen-bond acceptors (Lipinski definition) is 7. The van der Waals surface area contributed by atoms with Gasteiger partial charge < -0.3 is 15.2 Å². The number of methoxy groups -OCH3 is 1. The summed E-state index contributed by atoms with van der Waals surface area (Å²) in [5, 5.41) is 10.9. The van der Waals surface area contributed by atoms with E-state index in [2.05, 4.69) is 9.97 Å². The second-order valence-electron chi connectivity index (χ2n) is 4.38. The third-order valence-electron chi connectivity index (χ3n) is 2.22. The zero-order valence-corrected chi connectivity index (χ0v) is 11.3. The van der Waals surface area contributed by atoms with Gasteiger partial charge in [-0.1, -0.05) is 13.8 Å². The van der Waals surface area contributed by atoms with Crippen LogP contribution in [0.4, 0.5) is 11.5 Å². The third-order valence-corrected chi connectivity index (χ3v) is 2.22. The maximum atomic E-state index is 10.9. The van der Waals surface area contributed by atoms with Crippen LogP contribution < -0.4 is 10.5 Å². The van der Waals surface area contributed by atoms with E-state index in [0.29, 0.717) is 24.8 Å². The summed E-state index contributed by atoms with van der Waals surface area (Å²) in [6, 6.07) is 0. The van der Waals surface area contributed by atoms with Crippen LogP contribution in [0.25, 0.3) is 0 Å². The van der Waals surface area contributed by atoms with E-state index in [1.54, 1.807) is 0 Å². The second-order valence-corrected chi connectivity index (χ2v) is 4.38. The van der Waals surface area contributed by atoms with E-state index in [-0.39, 0.29) is 18.3 Å². The van der Waals surface area contributed by atoms with Crippen molar-refractivity contribution in [3.05, 3.63) is 15.9 Å². The fraction of sp³-hybridized carbons (Fsp3) is 0.636. The Morgan fingerprint density at radius 3 is 2.58 bits per heavy atom. The topological polar surface area (TPSA) is 113 Å². The van der Waals surface area contributed by atoms with Gasteiger partial charge in [0.15, 0.2) is 0 Å². The van der Waals surface area contributed by atoms with E-state index in [1.807, 2.05) is 13.8 Å². The minimum Gasteiger partial charge on any atom is -0.470 e. The van der Waals surface area contributed by atoms with Gasteiger partial charge in [-0.3, -0.25) is 10.1 Å². The number of anilines is 1. The van der Waals surface area contributed by atoms with Gasteiger partial charge in [0, 0.05) is 13.5 Å². The third kappa shape index (κ3) is 4.32. The second kappa shape index (κ2) is 6.83. The van der Waals surface area contributed by atoms with Crippen LogP contribution in [0.2, 0.25) is 0 Å². The molecule has 0 saturated heterocycles. The molecule has 0 aliphatic rings. The molecule has 0 unspecified atom stereocenters. The lowest BCUT2D eigenvalue weighted by molar-refractivity contribution is -0.385. The lowest BCUT2D eigenvalue weighted by atomic mass is 10.1. The summed E-state index contributed by atoms with van der Waals surface area (Å²) in [6.07, 6.45) is 0.572. The number of nitrogens with zero attached hydrogens (tertiary/aromatic N) is 3. The van der Waals surface area contributed by atoms with Crippen molar-refractivity contribution in [2.75, 3.05) is 26.1 Å². The van der Waals surface area contributed by atoms with Gasteiger partial charge in [-0.2, -0.15) is 4.98 Å². The fourth-order valence-electron chi connectivity index (χ4n) is 1.45. The normalized spacial score (nSPS) is 10.7. The Morgan fingerprint density at radius 2 is 2.05 bits per heavy atom. The average Bonchev–Trinajstić information content (AvgIpc) is 2.27. The predicted molar refractivity (Wildman–Crippen MR) is 69.0 cm³/mol. The highest BCUT2D eigenvalue weighted by Gasteiger charge is 2.24. The molecule has 0 saturated carbocycles. The van der Waals surface area contributed by atoms with E-state index in [9.17, 15) is 10.1 Å². The summed E-state index contributed by atoms with van der Waals surface area (Å²) >= 11 is 0. The van der Waals surface area contributed by atoms with E-state index >= 15 is 0 Å². The zero-order chi connectivity index (χ0) is 14.4. The summed E-state index contributed by atoms with van der Waals surface area (Å²) in [5.41, 5.74) is 5.20. The summed E-state index contributed by atoms with van der Waals surface area (Å²) in [6.45, 7) is 4.45. The van der Waals surface area contributed by atoms with Crippen molar-refractivity contribution in [2.45, 2.75) is 20.3 Å². The van der Waals surface area contributed by atoms with Crippen LogP contribution in [0.15, 0.2) is 0 Å². The number of rotatable bonds is 7. The summed E-state index contributed by atoms with van der Waals surface area (Å²) < 4.78 is 10.1. The smallest absolute Gasteiger partial charge is 0.372 e. The van der Waals surface area contributed by atoms with Crippen LogP contribution >= 0.6 is 0 Å². The first kappa shape index (κ1) is 15.1. The number of aromatic nitrogens is 2. The van der Waals surface area contributed by atoms with Gasteiger partial charge in [0.2, 0.25) is 5.82 Å². The van der Waals surface area contributed by atoms with Gasteiger partial charge in [-0.05, 0) is 5.92 Å². The number of nitrogen functional groups attached to an aromatic ring is 1. The molecule has 0 atom stereocenters. The highest BCUT2D eigenvalue weighted by Crippen LogP contribution is 2.30. The monoisotopic (exact) mass is 270 g/mol. The maximum absolute atomic E-state index is 10.9. The number of ether oxygens (including phenoxy) is 2. The molecule has 8 nitrogen and oxygen atoms in total. The van der Waals surface area contributed by atoms with Crippen molar-refractivity contribution in [2.24, 2.45) is 5.92 Å². The molecule has 0 amide bonds. The van der Waals surface area contributed by atoms with Gasteiger partial charge in [0.25, 0.3) is 5.88 Å². The molecular weight excluding hydrogens is 252 g/mol. The molecule has 0 fully saturated rings. The van der Waals surface area contributed by atoms with Crippen molar-refractivity contribution in [3.8, 4) is 5.88 Å². The molecule has 19 heavy (non-hydrogen) atoms. The van der Waals surface area contributed by atoms with Crippen LogP contribution in [-0.2, 0) is 11.2 Å². The lowest BCUT2D eigenvalue weighted by Crippen LogP contribution is -2.12. The molecule has 1 aromatic rings. The Morgan fingerprint density at radius 1 is 1.37 bits per heavy atom. The minimum atomic E-state index is -0.642. The molecule has 0 aliphatic carbocycles. The Labute approximate surface area is 111 Å². The highest BCUT2D eigenvalue weighted by molar-refractivity contribution is 5.58. The quantitative estimate of drug-likeness (QED) is 0.449. The zero-order valence-electron chi connectivity index (χ0n) is 11.3. The molecular formula is C11H18N4O4. The van der Waals surface area contributed by atoms with Crippen LogP contribution in [0.5, 0.6) is 5.88 Å². The first-order chi connectivity index (χ1) is 8.95. The van der Waals surface area contributed by atoms with Gasteiger partial charge in [0.1, 0.15) is 12.4 Å². The maximum Gasteiger partial charge on any atom is 0.372 e. The fourth-order valence-corrected chi connectivity index (χ4v) is 1.45. The molecule has 0 aliphatic heterocycles. The first-order valence-electron chi connectivity index (χ1n) is 5.88. The molecule has 0 radical (unpaired) electrons. The van der Waals surface area contributed by atoms with E-state index in [0.717, 1.165) is 0 Å². The van der Waals surface area contributed by atoms with Crippen LogP contribution in [0.3, 0.4) is 0 Å². The largest absolute Gasteiger partial charge is 0.470 e. The van der Waals surface area contributed by atoms with Crippen LogP contribution in [-0.4, -0.2) is 35.2 Å². The molecule has 1 heterocycles. The van der Waals surface area contributed by atoms with Crippen LogP contribution in [0, 0.1) is 16.0 Å². The Bertz CT molecular complexity index is 451. The van der Waals surface area contributed by atoms with Crippen LogP contribution in [0.1, 0.15) is 19.7 Å². The first-order valence-corrected chi connectivity index (χ1v) is 5.88. The molecule has 2 N–H and O–H groups in total. The van der Waals surface area contributed by atoms with Crippen molar-refractivity contribution < 1.29 is 14.4 Å². The Balaban J connectivity index is 3.06. The summed E-state index contributed by atoms with van der Waals surface area (Å²) in [5.74, 6) is 0.464.